The van der Waals surface area contributed by atoms with E-state index in [9.17, 15) is 4.79 Å². The van der Waals surface area contributed by atoms with Gasteiger partial charge in [0.2, 0.25) is 5.91 Å². The van der Waals surface area contributed by atoms with Crippen molar-refractivity contribution in [1.82, 2.24) is 0 Å². The molecule has 2 aromatic carbocycles. The van der Waals surface area contributed by atoms with Crippen LogP contribution in [0, 0.1) is 6.92 Å². The van der Waals surface area contributed by atoms with Gasteiger partial charge in [-0.05, 0) is 48.7 Å². The van der Waals surface area contributed by atoms with Gasteiger partial charge in [0.15, 0.2) is 0 Å². The predicted octanol–water partition coefficient (Wildman–Crippen LogP) is 5.77. The molecule has 0 N–H and O–H groups in total. The Hall–Kier alpha value is -1.22. The number of rotatable bonds is 4. The molecular weight excluding hydrogens is 341 g/mol. The van der Waals surface area contributed by atoms with Crippen LogP contribution in [-0.2, 0) is 11.2 Å². The number of alkyl halides is 1. The second kappa shape index (κ2) is 7.36. The van der Waals surface area contributed by atoms with Crippen LogP contribution in [0.3, 0.4) is 0 Å². The summed E-state index contributed by atoms with van der Waals surface area (Å²) >= 11 is 18.1. The van der Waals surface area contributed by atoms with Gasteiger partial charge in [-0.2, -0.15) is 0 Å². The van der Waals surface area contributed by atoms with Gasteiger partial charge in [-0.15, -0.1) is 11.6 Å². The Morgan fingerprint density at radius 3 is 2.27 bits per heavy atom. The molecule has 0 saturated heterocycles. The molecule has 0 spiro atoms. The van der Waals surface area contributed by atoms with Gasteiger partial charge in [0.1, 0.15) is 5.88 Å². The van der Waals surface area contributed by atoms with Gasteiger partial charge in [-0.25, -0.2) is 0 Å². The van der Waals surface area contributed by atoms with Gasteiger partial charge >= 0.3 is 0 Å². The Balaban J connectivity index is 2.58. The lowest BCUT2D eigenvalue weighted by Gasteiger charge is -2.25. The first-order valence-electron chi connectivity index (χ1n) is 6.91. The minimum Gasteiger partial charge on any atom is -0.278 e. The molecule has 0 aliphatic heterocycles. The molecule has 0 bridgehead atoms. The molecule has 2 aromatic rings. The number of hydrogen-bond donors (Lipinski definition) is 0. The van der Waals surface area contributed by atoms with Crippen molar-refractivity contribution in [2.24, 2.45) is 0 Å². The quantitative estimate of drug-likeness (QED) is 0.637. The summed E-state index contributed by atoms with van der Waals surface area (Å²) in [5.41, 5.74) is 3.35. The van der Waals surface area contributed by atoms with Gasteiger partial charge in [0.05, 0.1) is 10.7 Å². The van der Waals surface area contributed by atoms with E-state index in [1.54, 1.807) is 17.0 Å². The predicted molar refractivity (Wildman–Crippen MR) is 94.9 cm³/mol. The lowest BCUT2D eigenvalue weighted by Crippen LogP contribution is -2.28. The van der Waals surface area contributed by atoms with Crippen LogP contribution in [0.15, 0.2) is 36.4 Å². The molecule has 0 fully saturated rings. The zero-order chi connectivity index (χ0) is 16.3. The normalized spacial score (nSPS) is 10.6. The lowest BCUT2D eigenvalue weighted by molar-refractivity contribution is -0.115. The van der Waals surface area contributed by atoms with Crippen molar-refractivity contribution in [3.05, 3.63) is 57.6 Å². The third-order valence-corrected chi connectivity index (χ3v) is 4.14. The van der Waals surface area contributed by atoms with Crippen LogP contribution in [0.4, 0.5) is 11.4 Å². The Kier molecular flexibility index (Phi) is 5.74. The number of aryl methyl sites for hydroxylation is 2. The van der Waals surface area contributed by atoms with Gasteiger partial charge < -0.3 is 0 Å². The van der Waals surface area contributed by atoms with E-state index in [1.165, 1.54) is 5.56 Å². The number of anilines is 2. The maximum atomic E-state index is 12.4. The van der Waals surface area contributed by atoms with Crippen molar-refractivity contribution in [2.45, 2.75) is 20.3 Å². The van der Waals surface area contributed by atoms with Crippen molar-refractivity contribution >= 4 is 52.1 Å². The number of amides is 1. The SMILES string of the molecule is CCc1ccc(N(C(=O)CCl)c2c(C)cc(Cl)cc2Cl)cc1. The molecule has 0 radical (unpaired) electrons. The van der Waals surface area contributed by atoms with Crippen LogP contribution in [0.1, 0.15) is 18.1 Å². The Morgan fingerprint density at radius 1 is 1.14 bits per heavy atom. The number of nitrogens with zero attached hydrogens (tertiary/aromatic N) is 1. The number of benzene rings is 2. The Labute approximate surface area is 145 Å². The topological polar surface area (TPSA) is 20.3 Å². The van der Waals surface area contributed by atoms with Gasteiger partial charge in [-0.3, -0.25) is 9.69 Å². The van der Waals surface area contributed by atoms with E-state index in [-0.39, 0.29) is 11.8 Å². The molecule has 1 amide bonds. The largest absolute Gasteiger partial charge is 0.278 e. The first-order valence-corrected chi connectivity index (χ1v) is 8.20. The molecule has 0 aliphatic carbocycles. The van der Waals surface area contributed by atoms with E-state index >= 15 is 0 Å². The molecule has 5 heteroatoms. The molecule has 0 unspecified atom stereocenters. The zero-order valence-corrected chi connectivity index (χ0v) is 14.6. The minimum atomic E-state index is -0.238. The van der Waals surface area contributed by atoms with Crippen LogP contribution in [0.2, 0.25) is 10.0 Å². The van der Waals surface area contributed by atoms with Crippen LogP contribution in [0.5, 0.6) is 0 Å². The number of carbonyl (C=O) groups is 1. The summed E-state index contributed by atoms with van der Waals surface area (Å²) in [6.45, 7) is 3.94. The molecule has 116 valence electrons. The highest BCUT2D eigenvalue weighted by atomic mass is 35.5. The highest BCUT2D eigenvalue weighted by Crippen LogP contribution is 2.37. The summed E-state index contributed by atoms with van der Waals surface area (Å²) in [6, 6.07) is 11.2. The summed E-state index contributed by atoms with van der Waals surface area (Å²) in [4.78, 5) is 13.9. The van der Waals surface area contributed by atoms with Crippen molar-refractivity contribution in [2.75, 3.05) is 10.8 Å². The van der Waals surface area contributed by atoms with Crippen molar-refractivity contribution in [3.63, 3.8) is 0 Å². The Morgan fingerprint density at radius 2 is 1.77 bits per heavy atom. The maximum absolute atomic E-state index is 12.4. The number of carbonyl (C=O) groups excluding carboxylic acids is 1. The van der Waals surface area contributed by atoms with Gasteiger partial charge in [0, 0.05) is 10.7 Å². The highest BCUT2D eigenvalue weighted by Gasteiger charge is 2.22. The average molecular weight is 357 g/mol. The van der Waals surface area contributed by atoms with E-state index in [0.717, 1.165) is 17.7 Å². The third-order valence-electron chi connectivity index (χ3n) is 3.41. The zero-order valence-electron chi connectivity index (χ0n) is 12.4. The van der Waals surface area contributed by atoms with Crippen LogP contribution in [-0.4, -0.2) is 11.8 Å². The van der Waals surface area contributed by atoms with Crippen LogP contribution >= 0.6 is 34.8 Å². The fourth-order valence-corrected chi connectivity index (χ4v) is 3.12. The first-order chi connectivity index (χ1) is 10.5. The fourth-order valence-electron chi connectivity index (χ4n) is 2.32. The molecule has 0 aliphatic rings. The van der Waals surface area contributed by atoms with E-state index < -0.39 is 0 Å². The molecule has 2 nitrogen and oxygen atoms in total. The van der Waals surface area contributed by atoms with Crippen molar-refractivity contribution in [3.8, 4) is 0 Å². The molecular formula is C17H16Cl3NO. The Bertz CT molecular complexity index is 660. The van der Waals surface area contributed by atoms with Gasteiger partial charge in [0.25, 0.3) is 0 Å². The third kappa shape index (κ3) is 3.57. The van der Waals surface area contributed by atoms with E-state index in [0.29, 0.717) is 15.7 Å². The van der Waals surface area contributed by atoms with Crippen molar-refractivity contribution < 1.29 is 4.79 Å². The fraction of sp³-hybridized carbons (Fsp3) is 0.235. The second-order valence-electron chi connectivity index (χ2n) is 4.94. The summed E-state index contributed by atoms with van der Waals surface area (Å²) in [7, 11) is 0. The first kappa shape index (κ1) is 17.1. The highest BCUT2D eigenvalue weighted by molar-refractivity contribution is 6.38. The molecule has 22 heavy (non-hydrogen) atoms. The van der Waals surface area contributed by atoms with Gasteiger partial charge in [-0.1, -0.05) is 42.3 Å². The second-order valence-corrected chi connectivity index (χ2v) is 6.05. The molecule has 0 saturated carbocycles. The van der Waals surface area contributed by atoms with Crippen LogP contribution < -0.4 is 4.90 Å². The smallest absolute Gasteiger partial charge is 0.246 e. The summed E-state index contributed by atoms with van der Waals surface area (Å²) in [5.74, 6) is -0.369. The number of halogens is 3. The molecule has 0 atom stereocenters. The summed E-state index contributed by atoms with van der Waals surface area (Å²) < 4.78 is 0. The summed E-state index contributed by atoms with van der Waals surface area (Å²) in [5, 5.41) is 0.953. The minimum absolute atomic E-state index is 0.131. The monoisotopic (exact) mass is 355 g/mol. The van der Waals surface area contributed by atoms with E-state index in [4.69, 9.17) is 34.8 Å². The van der Waals surface area contributed by atoms with Crippen molar-refractivity contribution in [1.29, 1.82) is 0 Å². The molecule has 0 aromatic heterocycles. The molecule has 0 heterocycles. The van der Waals surface area contributed by atoms with Crippen LogP contribution in [0.25, 0.3) is 0 Å². The maximum Gasteiger partial charge on any atom is 0.246 e. The standard InChI is InChI=1S/C17H16Cl3NO/c1-3-12-4-6-14(7-5-12)21(16(22)10-18)17-11(2)8-13(19)9-15(17)20/h4-9H,3,10H2,1-2H3. The summed E-state index contributed by atoms with van der Waals surface area (Å²) in [6.07, 6.45) is 0.935. The lowest BCUT2D eigenvalue weighted by atomic mass is 10.1. The molecule has 2 rings (SSSR count). The average Bonchev–Trinajstić information content (AvgIpc) is 2.50. The van der Waals surface area contributed by atoms with E-state index in [2.05, 4.69) is 6.92 Å². The number of hydrogen-bond acceptors (Lipinski definition) is 1. The van der Waals surface area contributed by atoms with E-state index in [1.807, 2.05) is 31.2 Å².